The highest BCUT2D eigenvalue weighted by Gasteiger charge is 2.42. The van der Waals surface area contributed by atoms with Gasteiger partial charge in [0.1, 0.15) is 18.0 Å². The molecule has 6 nitrogen and oxygen atoms in total. The van der Waals surface area contributed by atoms with E-state index in [9.17, 15) is 26.0 Å². The number of alkyl halides is 3. The number of benzene rings is 1. The topological polar surface area (TPSA) is 80.3 Å². The minimum atomic E-state index is -4.76. The van der Waals surface area contributed by atoms with E-state index < -0.39 is 28.1 Å². The molecule has 12 heteroatoms. The molecule has 1 heterocycles. The van der Waals surface area contributed by atoms with Gasteiger partial charge in [-0.2, -0.15) is 17.9 Å². The van der Waals surface area contributed by atoms with Crippen molar-refractivity contribution in [2.75, 3.05) is 12.8 Å². The van der Waals surface area contributed by atoms with Gasteiger partial charge >= 0.3 is 6.18 Å². The molecule has 0 spiro atoms. The zero-order valence-electron chi connectivity index (χ0n) is 16.1. The van der Waals surface area contributed by atoms with E-state index in [0.29, 0.717) is 24.9 Å². The number of halogens is 5. The van der Waals surface area contributed by atoms with Gasteiger partial charge in [-0.3, -0.25) is 0 Å². The lowest BCUT2D eigenvalue weighted by Crippen LogP contribution is -2.37. The second-order valence-corrected chi connectivity index (χ2v) is 8.26. The Kier molecular flexibility index (Phi) is 9.47. The van der Waals surface area contributed by atoms with Gasteiger partial charge in [0.25, 0.3) is 0 Å². The molecule has 1 unspecified atom stereocenters. The van der Waals surface area contributed by atoms with Crippen LogP contribution in [0.5, 0.6) is 5.88 Å². The highest BCUT2D eigenvalue weighted by molar-refractivity contribution is 7.88. The second kappa shape index (κ2) is 10.9. The van der Waals surface area contributed by atoms with E-state index in [4.69, 9.17) is 4.74 Å². The predicted octanol–water partition coefficient (Wildman–Crippen LogP) is 3.35. The molecule has 30 heavy (non-hydrogen) atoms. The maximum atomic E-state index is 13.2. The molecule has 0 amide bonds. The first-order chi connectivity index (χ1) is 13.4. The Bertz CT molecular complexity index is 894. The Morgan fingerprint density at radius 1 is 1.13 bits per heavy atom. The Balaban J connectivity index is 0.00000450. The van der Waals surface area contributed by atoms with E-state index >= 15 is 0 Å². The normalized spacial score (nSPS) is 13.9. The molecule has 0 aliphatic rings. The smallest absolute Gasteiger partial charge is 0.408 e. The minimum Gasteiger partial charge on any atom is -0.473 e. The number of sulfonamides is 1. The molecule has 0 aliphatic carbocycles. The molecular formula is C18H22ClF4N3O3S. The minimum absolute atomic E-state index is 0. The average molecular weight is 472 g/mol. The average Bonchev–Trinajstić information content (AvgIpc) is 2.61. The lowest BCUT2D eigenvalue weighted by atomic mass is 10.1. The van der Waals surface area contributed by atoms with E-state index in [1.807, 2.05) is 0 Å². The first-order valence-electron chi connectivity index (χ1n) is 8.56. The van der Waals surface area contributed by atoms with Crippen LogP contribution in [0.2, 0.25) is 0 Å². The summed E-state index contributed by atoms with van der Waals surface area (Å²) in [5.74, 6) is -0.187. The van der Waals surface area contributed by atoms with Crippen LogP contribution in [-0.4, -0.2) is 38.5 Å². The summed E-state index contributed by atoms with van der Waals surface area (Å²) in [5.41, 5.74) is 0.506. The lowest BCUT2D eigenvalue weighted by Gasteiger charge is -2.21. The number of hydrogen-bond donors (Lipinski definition) is 2. The van der Waals surface area contributed by atoms with Crippen molar-refractivity contribution in [2.45, 2.75) is 31.8 Å². The summed E-state index contributed by atoms with van der Waals surface area (Å²) in [7, 11) is -4.04. The van der Waals surface area contributed by atoms with Crippen molar-refractivity contribution in [1.82, 2.24) is 15.0 Å². The molecule has 2 aromatic rings. The van der Waals surface area contributed by atoms with Crippen LogP contribution in [0.15, 0.2) is 42.6 Å². The number of nitrogens with one attached hydrogen (secondary N) is 2. The molecule has 168 valence electrons. The summed E-state index contributed by atoms with van der Waals surface area (Å²) in [5, 5.41) is 3.09. The number of nitrogens with zero attached hydrogens (tertiary/aromatic N) is 1. The van der Waals surface area contributed by atoms with Crippen LogP contribution < -0.4 is 14.8 Å². The van der Waals surface area contributed by atoms with Gasteiger partial charge in [-0.25, -0.2) is 17.8 Å². The lowest BCUT2D eigenvalue weighted by molar-refractivity contribution is -0.153. The fourth-order valence-corrected chi connectivity index (χ4v) is 3.16. The Morgan fingerprint density at radius 2 is 1.77 bits per heavy atom. The molecular weight excluding hydrogens is 450 g/mol. The van der Waals surface area contributed by atoms with E-state index in [-0.39, 0.29) is 30.0 Å². The molecule has 2 rings (SSSR count). The summed E-state index contributed by atoms with van der Waals surface area (Å²) < 4.78 is 81.8. The quantitative estimate of drug-likeness (QED) is 0.548. The fourth-order valence-electron chi connectivity index (χ4n) is 2.47. The zero-order chi connectivity index (χ0) is 21.7. The molecule has 0 saturated carbocycles. The highest BCUT2D eigenvalue weighted by atomic mass is 35.5. The first kappa shape index (κ1) is 26.1. The van der Waals surface area contributed by atoms with Crippen molar-refractivity contribution >= 4 is 22.4 Å². The molecule has 0 saturated heterocycles. The van der Waals surface area contributed by atoms with Gasteiger partial charge in [0.15, 0.2) is 0 Å². The van der Waals surface area contributed by atoms with E-state index in [0.717, 1.165) is 6.20 Å². The van der Waals surface area contributed by atoms with Crippen LogP contribution in [0.3, 0.4) is 0 Å². The van der Waals surface area contributed by atoms with Crippen molar-refractivity contribution in [3.05, 3.63) is 59.5 Å². The summed E-state index contributed by atoms with van der Waals surface area (Å²) in [6.45, 7) is 2.56. The van der Waals surface area contributed by atoms with E-state index in [1.54, 1.807) is 11.6 Å². The SMILES string of the molecule is CC(CNCc1ccc([C@H](NS(C)(=O)=O)C(F)(F)F)cc1)Oc1ccc(F)cn1.Cl. The van der Waals surface area contributed by atoms with Gasteiger partial charge in [-0.15, -0.1) is 12.4 Å². The van der Waals surface area contributed by atoms with Crippen LogP contribution in [-0.2, 0) is 16.6 Å². The Hall–Kier alpha value is -1.95. The molecule has 0 bridgehead atoms. The molecule has 0 radical (unpaired) electrons. The largest absolute Gasteiger partial charge is 0.473 e. The molecule has 0 aliphatic heterocycles. The first-order valence-corrected chi connectivity index (χ1v) is 10.4. The van der Waals surface area contributed by atoms with Crippen molar-refractivity contribution < 1.29 is 30.7 Å². The molecule has 2 N–H and O–H groups in total. The maximum absolute atomic E-state index is 13.2. The number of rotatable bonds is 9. The molecule has 1 aromatic carbocycles. The van der Waals surface area contributed by atoms with Crippen LogP contribution in [0.25, 0.3) is 0 Å². The summed E-state index contributed by atoms with van der Waals surface area (Å²) in [4.78, 5) is 3.79. The van der Waals surface area contributed by atoms with Gasteiger partial charge < -0.3 is 10.1 Å². The highest BCUT2D eigenvalue weighted by Crippen LogP contribution is 2.33. The van der Waals surface area contributed by atoms with Crippen molar-refractivity contribution in [1.29, 1.82) is 0 Å². The molecule has 1 aromatic heterocycles. The van der Waals surface area contributed by atoms with Gasteiger partial charge in [0.2, 0.25) is 15.9 Å². The van der Waals surface area contributed by atoms with Gasteiger partial charge in [-0.05, 0) is 24.1 Å². The Labute approximate surface area is 178 Å². The summed E-state index contributed by atoms with van der Waals surface area (Å²) >= 11 is 0. The van der Waals surface area contributed by atoms with Crippen LogP contribution >= 0.6 is 12.4 Å². The van der Waals surface area contributed by atoms with Crippen molar-refractivity contribution in [2.24, 2.45) is 0 Å². The van der Waals surface area contributed by atoms with Crippen LogP contribution in [0.4, 0.5) is 17.6 Å². The molecule has 0 fully saturated rings. The van der Waals surface area contributed by atoms with E-state index in [1.165, 1.54) is 36.4 Å². The third-order valence-corrected chi connectivity index (χ3v) is 4.42. The van der Waals surface area contributed by atoms with Crippen molar-refractivity contribution in [3.63, 3.8) is 0 Å². The third-order valence-electron chi connectivity index (χ3n) is 3.76. The fraction of sp³-hybridized carbons (Fsp3) is 0.389. The van der Waals surface area contributed by atoms with Gasteiger partial charge in [0.05, 0.1) is 12.5 Å². The van der Waals surface area contributed by atoms with E-state index in [2.05, 4.69) is 10.3 Å². The number of pyridine rings is 1. The second-order valence-electron chi connectivity index (χ2n) is 6.48. The third kappa shape index (κ3) is 8.82. The van der Waals surface area contributed by atoms with Gasteiger partial charge in [-0.1, -0.05) is 24.3 Å². The molecule has 2 atom stereocenters. The Morgan fingerprint density at radius 3 is 2.27 bits per heavy atom. The van der Waals surface area contributed by atoms with Gasteiger partial charge in [0, 0.05) is 19.2 Å². The van der Waals surface area contributed by atoms with Crippen LogP contribution in [0.1, 0.15) is 24.1 Å². The summed E-state index contributed by atoms with van der Waals surface area (Å²) in [6.07, 6.45) is -3.32. The monoisotopic (exact) mass is 471 g/mol. The van der Waals surface area contributed by atoms with Crippen molar-refractivity contribution in [3.8, 4) is 5.88 Å². The zero-order valence-corrected chi connectivity index (χ0v) is 17.7. The number of ether oxygens (including phenoxy) is 1. The standard InChI is InChI=1S/C18H21F4N3O3S.ClH/c1-12(28-16-8-7-15(19)11-24-16)9-23-10-13-3-5-14(6-4-13)17(18(20,21)22)25-29(2,26)27;/h3-8,11-12,17,23,25H,9-10H2,1-2H3;1H/t12?,17-;/m0./s1. The summed E-state index contributed by atoms with van der Waals surface area (Å²) in [6, 6.07) is 5.76. The predicted molar refractivity (Wildman–Crippen MR) is 106 cm³/mol. The number of hydrogen-bond acceptors (Lipinski definition) is 5. The number of aromatic nitrogens is 1. The maximum Gasteiger partial charge on any atom is 0.408 e. The van der Waals surface area contributed by atoms with Crippen LogP contribution in [0, 0.1) is 5.82 Å².